The lowest BCUT2D eigenvalue weighted by molar-refractivity contribution is -0.123. The number of para-hydroxylation sites is 3. The molecule has 166 valence electrons. The predicted molar refractivity (Wildman–Crippen MR) is 131 cm³/mol. The summed E-state index contributed by atoms with van der Waals surface area (Å²) in [6.45, 7) is 2.46. The van der Waals surface area contributed by atoms with E-state index in [1.807, 2.05) is 61.5 Å². The van der Waals surface area contributed by atoms with Crippen LogP contribution in [0.15, 0.2) is 85.1 Å². The van der Waals surface area contributed by atoms with E-state index in [-0.39, 0.29) is 24.3 Å². The third-order valence-electron chi connectivity index (χ3n) is 6.23. The lowest BCUT2D eigenvalue weighted by atomic mass is 9.90. The maximum Gasteiger partial charge on any atom is 0.244 e. The van der Waals surface area contributed by atoms with Gasteiger partial charge in [-0.05, 0) is 36.2 Å². The van der Waals surface area contributed by atoms with E-state index in [4.69, 9.17) is 0 Å². The summed E-state index contributed by atoms with van der Waals surface area (Å²) in [6.07, 6.45) is 2.06. The van der Waals surface area contributed by atoms with E-state index in [1.54, 1.807) is 4.90 Å². The number of amides is 2. The number of hydrogen-bond acceptors (Lipinski definition) is 3. The summed E-state index contributed by atoms with van der Waals surface area (Å²) in [6, 6.07) is 25.5. The first-order valence-electron chi connectivity index (χ1n) is 11.2. The molecule has 2 atom stereocenters. The number of anilines is 2. The SMILES string of the molecule is CC(NCC(c1ccccc1)c1c[nH]c2ccccc12)C(=O)N1CC(=O)Nc2ccccc21. The van der Waals surface area contributed by atoms with Gasteiger partial charge in [-0.25, -0.2) is 0 Å². The molecule has 3 N–H and O–H groups in total. The standard InChI is InChI=1S/C27H26N4O2/c1-18(27(33)31-17-26(32)30-24-13-7-8-14-25(24)31)28-15-21(19-9-3-2-4-10-19)22-16-29-23-12-6-5-11-20(22)23/h2-14,16,18,21,28-29H,15,17H2,1H3,(H,30,32). The van der Waals surface area contributed by atoms with Crippen molar-refractivity contribution in [2.75, 3.05) is 23.3 Å². The molecule has 5 rings (SSSR count). The average molecular weight is 439 g/mol. The Morgan fingerprint density at radius 2 is 1.73 bits per heavy atom. The second-order valence-electron chi connectivity index (χ2n) is 8.37. The smallest absolute Gasteiger partial charge is 0.244 e. The van der Waals surface area contributed by atoms with Crippen LogP contribution in [-0.4, -0.2) is 35.9 Å². The molecule has 0 saturated heterocycles. The fourth-order valence-electron chi connectivity index (χ4n) is 4.52. The van der Waals surface area contributed by atoms with Crippen molar-refractivity contribution in [1.29, 1.82) is 0 Å². The molecular weight excluding hydrogens is 412 g/mol. The Kier molecular flexibility index (Phi) is 5.67. The highest BCUT2D eigenvalue weighted by Gasteiger charge is 2.30. The summed E-state index contributed by atoms with van der Waals surface area (Å²) in [5.41, 5.74) is 4.85. The van der Waals surface area contributed by atoms with Crippen LogP contribution in [-0.2, 0) is 9.59 Å². The van der Waals surface area contributed by atoms with Gasteiger partial charge in [0.05, 0.1) is 17.4 Å². The molecule has 0 saturated carbocycles. The number of nitrogens with one attached hydrogen (secondary N) is 3. The number of benzene rings is 3. The van der Waals surface area contributed by atoms with Crippen molar-refractivity contribution in [1.82, 2.24) is 10.3 Å². The lowest BCUT2D eigenvalue weighted by Crippen LogP contribution is -2.50. The van der Waals surface area contributed by atoms with Gasteiger partial charge < -0.3 is 15.6 Å². The number of aromatic nitrogens is 1. The van der Waals surface area contributed by atoms with E-state index in [2.05, 4.69) is 46.1 Å². The van der Waals surface area contributed by atoms with Crippen molar-refractivity contribution in [2.45, 2.75) is 18.9 Å². The zero-order chi connectivity index (χ0) is 22.8. The second-order valence-corrected chi connectivity index (χ2v) is 8.37. The van der Waals surface area contributed by atoms with Crippen LogP contribution in [0.2, 0.25) is 0 Å². The summed E-state index contributed by atoms with van der Waals surface area (Å²) < 4.78 is 0. The van der Waals surface area contributed by atoms with Crippen molar-refractivity contribution in [3.8, 4) is 0 Å². The van der Waals surface area contributed by atoms with Crippen LogP contribution in [0.25, 0.3) is 10.9 Å². The molecule has 2 heterocycles. The van der Waals surface area contributed by atoms with Gasteiger partial charge in [0, 0.05) is 29.6 Å². The Labute approximate surface area is 192 Å². The number of carbonyl (C=O) groups excluding carboxylic acids is 2. The van der Waals surface area contributed by atoms with Gasteiger partial charge in [-0.1, -0.05) is 60.7 Å². The third kappa shape index (κ3) is 4.13. The van der Waals surface area contributed by atoms with Gasteiger partial charge in [0.2, 0.25) is 11.8 Å². The molecule has 4 aromatic rings. The van der Waals surface area contributed by atoms with Gasteiger partial charge in [-0.2, -0.15) is 0 Å². The fraction of sp³-hybridized carbons (Fsp3) is 0.185. The average Bonchev–Trinajstić information content (AvgIpc) is 3.28. The molecule has 2 unspecified atom stereocenters. The van der Waals surface area contributed by atoms with Crippen LogP contribution in [0.4, 0.5) is 11.4 Å². The van der Waals surface area contributed by atoms with Crippen LogP contribution in [0, 0.1) is 0 Å². The minimum Gasteiger partial charge on any atom is -0.361 e. The molecule has 0 spiro atoms. The first-order valence-corrected chi connectivity index (χ1v) is 11.2. The number of nitrogens with zero attached hydrogens (tertiary/aromatic N) is 1. The Morgan fingerprint density at radius 1 is 1.00 bits per heavy atom. The van der Waals surface area contributed by atoms with Crippen LogP contribution in [0.3, 0.4) is 0 Å². The van der Waals surface area contributed by atoms with Crippen LogP contribution in [0.1, 0.15) is 24.0 Å². The minimum absolute atomic E-state index is 0.0203. The highest BCUT2D eigenvalue weighted by Crippen LogP contribution is 2.31. The number of rotatable bonds is 6. The third-order valence-corrected chi connectivity index (χ3v) is 6.23. The zero-order valence-corrected chi connectivity index (χ0v) is 18.4. The Bertz CT molecular complexity index is 1300. The maximum absolute atomic E-state index is 13.3. The van der Waals surface area contributed by atoms with Crippen molar-refractivity contribution < 1.29 is 9.59 Å². The Hall–Kier alpha value is -3.90. The van der Waals surface area contributed by atoms with Crippen LogP contribution >= 0.6 is 0 Å². The number of H-pyrrole nitrogens is 1. The summed E-state index contributed by atoms with van der Waals surface area (Å²) in [7, 11) is 0. The molecule has 0 radical (unpaired) electrons. The van der Waals surface area contributed by atoms with Crippen LogP contribution in [0.5, 0.6) is 0 Å². The first-order chi connectivity index (χ1) is 16.1. The van der Waals surface area contributed by atoms with Gasteiger partial charge in [-0.3, -0.25) is 14.5 Å². The van der Waals surface area contributed by atoms with E-state index in [9.17, 15) is 9.59 Å². The second kappa shape index (κ2) is 8.92. The van der Waals surface area contributed by atoms with Gasteiger partial charge >= 0.3 is 0 Å². The van der Waals surface area contributed by atoms with E-state index in [0.717, 1.165) is 11.2 Å². The Balaban J connectivity index is 1.39. The highest BCUT2D eigenvalue weighted by atomic mass is 16.2. The molecule has 33 heavy (non-hydrogen) atoms. The van der Waals surface area contributed by atoms with E-state index in [1.165, 1.54) is 16.5 Å². The molecule has 3 aromatic carbocycles. The van der Waals surface area contributed by atoms with Crippen molar-refractivity contribution in [3.63, 3.8) is 0 Å². The van der Waals surface area contributed by atoms with E-state index in [0.29, 0.717) is 12.2 Å². The zero-order valence-electron chi connectivity index (χ0n) is 18.4. The molecule has 1 aliphatic heterocycles. The number of carbonyl (C=O) groups is 2. The highest BCUT2D eigenvalue weighted by molar-refractivity contribution is 6.11. The normalized spacial score (nSPS) is 15.1. The first kappa shape index (κ1) is 21.0. The molecule has 6 nitrogen and oxygen atoms in total. The maximum atomic E-state index is 13.3. The largest absolute Gasteiger partial charge is 0.361 e. The van der Waals surface area contributed by atoms with Gasteiger partial charge in [0.25, 0.3) is 0 Å². The quantitative estimate of drug-likeness (QED) is 0.421. The summed E-state index contributed by atoms with van der Waals surface area (Å²) in [5, 5.41) is 7.45. The van der Waals surface area contributed by atoms with Crippen molar-refractivity contribution >= 4 is 34.1 Å². The van der Waals surface area contributed by atoms with Gasteiger partial charge in [0.1, 0.15) is 6.54 Å². The lowest BCUT2D eigenvalue weighted by Gasteiger charge is -2.31. The van der Waals surface area contributed by atoms with E-state index >= 15 is 0 Å². The summed E-state index contributed by atoms with van der Waals surface area (Å²) >= 11 is 0. The van der Waals surface area contributed by atoms with Gasteiger partial charge in [-0.15, -0.1) is 0 Å². The summed E-state index contributed by atoms with van der Waals surface area (Å²) in [5.74, 6) is -0.243. The summed E-state index contributed by atoms with van der Waals surface area (Å²) in [4.78, 5) is 30.4. The van der Waals surface area contributed by atoms with E-state index < -0.39 is 6.04 Å². The molecule has 1 aromatic heterocycles. The van der Waals surface area contributed by atoms with Crippen LogP contribution < -0.4 is 15.5 Å². The minimum atomic E-state index is -0.458. The Morgan fingerprint density at radius 3 is 2.58 bits per heavy atom. The molecule has 0 aliphatic carbocycles. The monoisotopic (exact) mass is 438 g/mol. The molecule has 2 amide bonds. The predicted octanol–water partition coefficient (Wildman–Crippen LogP) is 4.26. The van der Waals surface area contributed by atoms with Crippen molar-refractivity contribution in [3.05, 3.63) is 96.2 Å². The molecule has 0 bridgehead atoms. The number of fused-ring (bicyclic) bond motifs is 2. The van der Waals surface area contributed by atoms with Crippen molar-refractivity contribution in [2.24, 2.45) is 0 Å². The fourth-order valence-corrected chi connectivity index (χ4v) is 4.52. The number of hydrogen-bond donors (Lipinski definition) is 3. The molecule has 1 aliphatic rings. The molecular formula is C27H26N4O2. The molecule has 6 heteroatoms. The van der Waals surface area contributed by atoms with Gasteiger partial charge in [0.15, 0.2) is 0 Å². The molecule has 0 fully saturated rings. The topological polar surface area (TPSA) is 77.2 Å². The number of aromatic amines is 1.